The van der Waals surface area contributed by atoms with E-state index in [1.165, 1.54) is 0 Å². The average molecular weight is 296 g/mol. The van der Waals surface area contributed by atoms with Crippen LogP contribution in [0.3, 0.4) is 0 Å². The Bertz CT molecular complexity index is 535. The zero-order valence-electron chi connectivity index (χ0n) is 9.74. The molecule has 6 heteroatoms. The van der Waals surface area contributed by atoms with Gasteiger partial charge in [-0.05, 0) is 47.5 Å². The molecule has 2 heterocycles. The Balaban J connectivity index is 2.28. The summed E-state index contributed by atoms with van der Waals surface area (Å²) in [5.74, 6) is 5.98. The first-order valence-electron chi connectivity index (χ1n) is 5.23. The van der Waals surface area contributed by atoms with Crippen LogP contribution in [0.2, 0.25) is 0 Å². The molecule has 0 unspecified atom stereocenters. The second kappa shape index (κ2) is 4.85. The van der Waals surface area contributed by atoms with E-state index in [1.807, 2.05) is 30.7 Å². The van der Waals surface area contributed by atoms with Gasteiger partial charge in [-0.2, -0.15) is 5.10 Å². The van der Waals surface area contributed by atoms with Crippen LogP contribution in [0.4, 0.5) is 5.82 Å². The number of rotatable bonds is 3. The maximum atomic E-state index is 5.33. The molecule has 0 atom stereocenters. The summed E-state index contributed by atoms with van der Waals surface area (Å²) in [6.07, 6.45) is 1.73. The van der Waals surface area contributed by atoms with E-state index in [2.05, 4.69) is 31.4 Å². The molecule has 3 N–H and O–H groups in total. The summed E-state index contributed by atoms with van der Waals surface area (Å²) in [6.45, 7) is 4.72. The number of nitrogens with two attached hydrogens (primary N) is 1. The molecule has 0 amide bonds. The van der Waals surface area contributed by atoms with Gasteiger partial charge in [0.05, 0.1) is 22.4 Å². The Labute approximate surface area is 108 Å². The Morgan fingerprint density at radius 1 is 1.47 bits per heavy atom. The van der Waals surface area contributed by atoms with Gasteiger partial charge in [-0.1, -0.05) is 0 Å². The molecular formula is C11H14BrN5. The van der Waals surface area contributed by atoms with Crippen LogP contribution in [0.5, 0.6) is 0 Å². The fourth-order valence-corrected chi connectivity index (χ4v) is 1.94. The van der Waals surface area contributed by atoms with E-state index in [4.69, 9.17) is 5.84 Å². The van der Waals surface area contributed by atoms with Crippen LogP contribution >= 0.6 is 15.9 Å². The summed E-state index contributed by atoms with van der Waals surface area (Å²) in [5, 5.41) is 4.46. The number of anilines is 1. The van der Waals surface area contributed by atoms with Gasteiger partial charge in [0.1, 0.15) is 5.82 Å². The SMILES string of the molecule is Cc1nn(Cc2ccnc(NN)c2)c(C)c1Br. The van der Waals surface area contributed by atoms with Crippen molar-refractivity contribution in [3.8, 4) is 0 Å². The number of aromatic nitrogens is 3. The highest BCUT2D eigenvalue weighted by Gasteiger charge is 2.09. The van der Waals surface area contributed by atoms with Crippen molar-refractivity contribution in [2.24, 2.45) is 5.84 Å². The molecule has 0 saturated heterocycles. The zero-order chi connectivity index (χ0) is 12.4. The van der Waals surface area contributed by atoms with Gasteiger partial charge in [0.15, 0.2) is 0 Å². The number of hydrazine groups is 1. The van der Waals surface area contributed by atoms with E-state index in [9.17, 15) is 0 Å². The first-order valence-corrected chi connectivity index (χ1v) is 6.02. The minimum Gasteiger partial charge on any atom is -0.308 e. The molecule has 0 spiro atoms. The van der Waals surface area contributed by atoms with Crippen molar-refractivity contribution >= 4 is 21.7 Å². The van der Waals surface area contributed by atoms with Crippen LogP contribution in [0.25, 0.3) is 0 Å². The van der Waals surface area contributed by atoms with Crippen molar-refractivity contribution in [1.82, 2.24) is 14.8 Å². The van der Waals surface area contributed by atoms with Gasteiger partial charge in [-0.25, -0.2) is 10.8 Å². The second-order valence-corrected chi connectivity index (χ2v) is 4.63. The third-order valence-electron chi connectivity index (χ3n) is 2.60. The number of hydrogen-bond donors (Lipinski definition) is 2. The normalized spacial score (nSPS) is 10.6. The van der Waals surface area contributed by atoms with Crippen LogP contribution in [-0.2, 0) is 6.54 Å². The molecule has 17 heavy (non-hydrogen) atoms. The Kier molecular flexibility index (Phi) is 3.44. The van der Waals surface area contributed by atoms with Gasteiger partial charge in [-0.15, -0.1) is 0 Å². The third kappa shape index (κ3) is 2.48. The first-order chi connectivity index (χ1) is 8.11. The summed E-state index contributed by atoms with van der Waals surface area (Å²) >= 11 is 3.51. The molecule has 0 aromatic carbocycles. The Morgan fingerprint density at radius 2 is 2.24 bits per heavy atom. The van der Waals surface area contributed by atoms with Crippen molar-refractivity contribution in [3.05, 3.63) is 39.8 Å². The van der Waals surface area contributed by atoms with E-state index < -0.39 is 0 Å². The second-order valence-electron chi connectivity index (χ2n) is 3.84. The minimum absolute atomic E-state index is 0.656. The summed E-state index contributed by atoms with van der Waals surface area (Å²) < 4.78 is 3.01. The molecule has 0 aliphatic rings. The van der Waals surface area contributed by atoms with Gasteiger partial charge < -0.3 is 5.43 Å². The quantitative estimate of drug-likeness (QED) is 0.671. The van der Waals surface area contributed by atoms with Gasteiger partial charge in [0.2, 0.25) is 0 Å². The van der Waals surface area contributed by atoms with Gasteiger partial charge in [-0.3, -0.25) is 4.68 Å². The molecule has 2 aromatic heterocycles. The largest absolute Gasteiger partial charge is 0.308 e. The summed E-state index contributed by atoms with van der Waals surface area (Å²) in [4.78, 5) is 4.07. The molecule has 0 aliphatic carbocycles. The lowest BCUT2D eigenvalue weighted by atomic mass is 10.2. The fourth-order valence-electron chi connectivity index (χ4n) is 1.65. The Morgan fingerprint density at radius 3 is 2.82 bits per heavy atom. The minimum atomic E-state index is 0.656. The summed E-state index contributed by atoms with van der Waals surface area (Å²) in [6, 6.07) is 3.86. The number of halogens is 1. The van der Waals surface area contributed by atoms with E-state index in [-0.39, 0.29) is 0 Å². The van der Waals surface area contributed by atoms with Crippen LogP contribution < -0.4 is 11.3 Å². The predicted molar refractivity (Wildman–Crippen MR) is 70.6 cm³/mol. The van der Waals surface area contributed by atoms with Crippen molar-refractivity contribution in [2.45, 2.75) is 20.4 Å². The highest BCUT2D eigenvalue weighted by molar-refractivity contribution is 9.10. The molecule has 0 fully saturated rings. The van der Waals surface area contributed by atoms with Gasteiger partial charge in [0, 0.05) is 6.20 Å². The Hall–Kier alpha value is -1.40. The topological polar surface area (TPSA) is 68.8 Å². The van der Waals surface area contributed by atoms with Gasteiger partial charge in [0.25, 0.3) is 0 Å². The lowest BCUT2D eigenvalue weighted by Gasteiger charge is -2.06. The highest BCUT2D eigenvalue weighted by atomic mass is 79.9. The van der Waals surface area contributed by atoms with E-state index in [1.54, 1.807) is 6.20 Å². The van der Waals surface area contributed by atoms with E-state index in [0.717, 1.165) is 21.4 Å². The van der Waals surface area contributed by atoms with Crippen molar-refractivity contribution in [2.75, 3.05) is 5.43 Å². The molecule has 5 nitrogen and oxygen atoms in total. The molecular weight excluding hydrogens is 282 g/mol. The average Bonchev–Trinajstić information content (AvgIpc) is 2.57. The molecule has 0 saturated carbocycles. The zero-order valence-corrected chi connectivity index (χ0v) is 11.3. The van der Waals surface area contributed by atoms with Crippen molar-refractivity contribution < 1.29 is 0 Å². The third-order valence-corrected chi connectivity index (χ3v) is 3.75. The fraction of sp³-hybridized carbons (Fsp3) is 0.273. The number of hydrogen-bond acceptors (Lipinski definition) is 4. The lowest BCUT2D eigenvalue weighted by molar-refractivity contribution is 0.658. The van der Waals surface area contributed by atoms with E-state index in [0.29, 0.717) is 12.4 Å². The molecule has 0 bridgehead atoms. The molecule has 2 aromatic rings. The first kappa shape index (κ1) is 12.1. The number of aryl methyl sites for hydroxylation is 1. The smallest absolute Gasteiger partial charge is 0.140 e. The number of pyridine rings is 1. The highest BCUT2D eigenvalue weighted by Crippen LogP contribution is 2.20. The summed E-state index contributed by atoms with van der Waals surface area (Å²) in [5.41, 5.74) is 5.74. The van der Waals surface area contributed by atoms with Crippen molar-refractivity contribution in [3.63, 3.8) is 0 Å². The molecule has 2 rings (SSSR count). The monoisotopic (exact) mass is 295 g/mol. The van der Waals surface area contributed by atoms with Gasteiger partial charge >= 0.3 is 0 Å². The number of nitrogens with one attached hydrogen (secondary N) is 1. The predicted octanol–water partition coefficient (Wildman–Crippen LogP) is 1.99. The van der Waals surface area contributed by atoms with Crippen LogP contribution in [0.15, 0.2) is 22.8 Å². The van der Waals surface area contributed by atoms with Crippen molar-refractivity contribution in [1.29, 1.82) is 0 Å². The van der Waals surface area contributed by atoms with Crippen LogP contribution in [0, 0.1) is 13.8 Å². The number of nitrogen functional groups attached to an aromatic ring is 1. The maximum absolute atomic E-state index is 5.33. The summed E-state index contributed by atoms with van der Waals surface area (Å²) in [7, 11) is 0. The maximum Gasteiger partial charge on any atom is 0.140 e. The molecule has 90 valence electrons. The lowest BCUT2D eigenvalue weighted by Crippen LogP contribution is -2.10. The van der Waals surface area contributed by atoms with Crippen LogP contribution in [0.1, 0.15) is 17.0 Å². The number of nitrogens with zero attached hydrogens (tertiary/aromatic N) is 3. The standard InChI is InChI=1S/C11H14BrN5/c1-7-11(12)8(2)17(16-7)6-9-3-4-14-10(5-9)15-13/h3-5H,6,13H2,1-2H3,(H,14,15). The molecule has 0 radical (unpaired) electrons. The van der Waals surface area contributed by atoms with Crippen LogP contribution in [-0.4, -0.2) is 14.8 Å². The molecule has 0 aliphatic heterocycles. The van der Waals surface area contributed by atoms with E-state index >= 15 is 0 Å².